The number of halogens is 1. The predicted molar refractivity (Wildman–Crippen MR) is 75.2 cm³/mol. The number of aromatic nitrogens is 1. The van der Waals surface area contributed by atoms with Crippen LogP contribution in [-0.4, -0.2) is 19.1 Å². The summed E-state index contributed by atoms with van der Waals surface area (Å²) in [5.74, 6) is 0. The molecule has 0 amide bonds. The average molecular weight is 268 g/mol. The van der Waals surface area contributed by atoms with Crippen molar-refractivity contribution in [1.82, 2.24) is 4.98 Å². The van der Waals surface area contributed by atoms with E-state index >= 15 is 0 Å². The van der Waals surface area contributed by atoms with Crippen molar-refractivity contribution in [3.05, 3.63) is 39.8 Å². The van der Waals surface area contributed by atoms with Gasteiger partial charge in [-0.3, -0.25) is 4.98 Å². The van der Waals surface area contributed by atoms with Gasteiger partial charge in [0.25, 0.3) is 0 Å². The van der Waals surface area contributed by atoms with E-state index in [-0.39, 0.29) is 0 Å². The Kier molecular flexibility index (Phi) is 3.86. The summed E-state index contributed by atoms with van der Waals surface area (Å²) in [5, 5.41) is 6.11. The van der Waals surface area contributed by atoms with E-state index in [1.807, 2.05) is 37.8 Å². The predicted octanol–water partition coefficient (Wildman–Crippen LogP) is 3.47. The standard InChI is InChI=1S/C12H14ClN3S/c1-16(2)12-3-4-14-7-11(12)15-6-10-5-9(13)8-17-10/h3-5,7-8,15H,6H2,1-2H3. The molecule has 0 bridgehead atoms. The number of anilines is 2. The van der Waals surface area contributed by atoms with Gasteiger partial charge in [0.2, 0.25) is 0 Å². The lowest BCUT2D eigenvalue weighted by Crippen LogP contribution is -2.12. The van der Waals surface area contributed by atoms with Gasteiger partial charge >= 0.3 is 0 Å². The Balaban J connectivity index is 2.08. The molecule has 0 aromatic carbocycles. The highest BCUT2D eigenvalue weighted by Gasteiger charge is 2.04. The molecule has 0 aliphatic heterocycles. The molecule has 2 rings (SSSR count). The van der Waals surface area contributed by atoms with E-state index in [2.05, 4.69) is 15.2 Å². The molecule has 5 heteroatoms. The highest BCUT2D eigenvalue weighted by Crippen LogP contribution is 2.25. The molecule has 0 radical (unpaired) electrons. The molecule has 0 spiro atoms. The van der Waals surface area contributed by atoms with Crippen LogP contribution in [-0.2, 0) is 6.54 Å². The van der Waals surface area contributed by atoms with Crippen molar-refractivity contribution in [2.45, 2.75) is 6.54 Å². The fourth-order valence-electron chi connectivity index (χ4n) is 1.54. The second kappa shape index (κ2) is 5.38. The monoisotopic (exact) mass is 267 g/mol. The second-order valence-electron chi connectivity index (χ2n) is 3.87. The maximum absolute atomic E-state index is 5.89. The molecule has 1 N–H and O–H groups in total. The summed E-state index contributed by atoms with van der Waals surface area (Å²) in [6.07, 6.45) is 3.63. The smallest absolute Gasteiger partial charge is 0.0767 e. The van der Waals surface area contributed by atoms with Gasteiger partial charge in [-0.1, -0.05) is 11.6 Å². The number of thiophene rings is 1. The first-order valence-corrected chi connectivity index (χ1v) is 6.50. The number of hydrogen-bond acceptors (Lipinski definition) is 4. The van der Waals surface area contributed by atoms with E-state index < -0.39 is 0 Å². The van der Waals surface area contributed by atoms with Crippen molar-refractivity contribution >= 4 is 34.3 Å². The summed E-state index contributed by atoms with van der Waals surface area (Å²) in [5.41, 5.74) is 2.16. The van der Waals surface area contributed by atoms with Crippen LogP contribution < -0.4 is 10.2 Å². The van der Waals surface area contributed by atoms with E-state index in [1.54, 1.807) is 17.5 Å². The Hall–Kier alpha value is -1.26. The van der Waals surface area contributed by atoms with E-state index in [0.29, 0.717) is 0 Å². The van der Waals surface area contributed by atoms with Crippen LogP contribution in [0.3, 0.4) is 0 Å². The largest absolute Gasteiger partial charge is 0.377 e. The summed E-state index contributed by atoms with van der Waals surface area (Å²) in [7, 11) is 4.03. The Morgan fingerprint density at radius 1 is 1.47 bits per heavy atom. The number of rotatable bonds is 4. The molecule has 0 saturated carbocycles. The summed E-state index contributed by atoms with van der Waals surface area (Å²) in [6, 6.07) is 3.97. The molecule has 2 aromatic rings. The molecule has 3 nitrogen and oxygen atoms in total. The van der Waals surface area contributed by atoms with Crippen molar-refractivity contribution in [2.75, 3.05) is 24.3 Å². The number of hydrogen-bond donors (Lipinski definition) is 1. The van der Waals surface area contributed by atoms with Gasteiger partial charge in [-0.05, 0) is 12.1 Å². The van der Waals surface area contributed by atoms with Gasteiger partial charge in [0.1, 0.15) is 0 Å². The number of nitrogens with zero attached hydrogens (tertiary/aromatic N) is 2. The van der Waals surface area contributed by atoms with Gasteiger partial charge in [0.15, 0.2) is 0 Å². The Bertz CT molecular complexity index is 496. The molecular weight excluding hydrogens is 254 g/mol. The molecule has 0 unspecified atom stereocenters. The molecule has 0 fully saturated rings. The van der Waals surface area contributed by atoms with Crippen LogP contribution in [0.4, 0.5) is 11.4 Å². The highest BCUT2D eigenvalue weighted by molar-refractivity contribution is 7.10. The van der Waals surface area contributed by atoms with Crippen LogP contribution in [0.25, 0.3) is 0 Å². The van der Waals surface area contributed by atoms with Gasteiger partial charge < -0.3 is 10.2 Å². The molecule has 0 aliphatic rings. The topological polar surface area (TPSA) is 28.2 Å². The summed E-state index contributed by atoms with van der Waals surface area (Å²) in [6.45, 7) is 0.768. The Morgan fingerprint density at radius 3 is 2.94 bits per heavy atom. The molecule has 0 atom stereocenters. The number of pyridine rings is 1. The van der Waals surface area contributed by atoms with Crippen molar-refractivity contribution in [2.24, 2.45) is 0 Å². The fraction of sp³-hybridized carbons (Fsp3) is 0.250. The lowest BCUT2D eigenvalue weighted by atomic mass is 10.3. The Morgan fingerprint density at radius 2 is 2.29 bits per heavy atom. The van der Waals surface area contributed by atoms with Crippen LogP contribution in [0.5, 0.6) is 0 Å². The molecular formula is C12H14ClN3S. The lowest BCUT2D eigenvalue weighted by Gasteiger charge is -2.17. The van der Waals surface area contributed by atoms with Gasteiger partial charge in [0, 0.05) is 37.1 Å². The van der Waals surface area contributed by atoms with E-state index in [4.69, 9.17) is 11.6 Å². The van der Waals surface area contributed by atoms with Crippen LogP contribution in [0.1, 0.15) is 4.88 Å². The maximum atomic E-state index is 5.89. The minimum Gasteiger partial charge on any atom is -0.377 e. The first kappa shape index (κ1) is 12.2. The summed E-state index contributed by atoms with van der Waals surface area (Å²) < 4.78 is 0. The molecule has 90 valence electrons. The minimum absolute atomic E-state index is 0.768. The first-order chi connectivity index (χ1) is 8.16. The third kappa shape index (κ3) is 3.11. The quantitative estimate of drug-likeness (QED) is 0.919. The molecule has 2 heterocycles. The maximum Gasteiger partial charge on any atom is 0.0767 e. The van der Waals surface area contributed by atoms with Crippen molar-refractivity contribution in [3.8, 4) is 0 Å². The fourth-order valence-corrected chi connectivity index (χ4v) is 2.55. The van der Waals surface area contributed by atoms with Crippen LogP contribution in [0, 0.1) is 0 Å². The molecule has 2 aromatic heterocycles. The number of nitrogens with one attached hydrogen (secondary N) is 1. The van der Waals surface area contributed by atoms with Crippen molar-refractivity contribution in [1.29, 1.82) is 0 Å². The zero-order chi connectivity index (χ0) is 12.3. The van der Waals surface area contributed by atoms with Crippen LogP contribution in [0.2, 0.25) is 5.02 Å². The minimum atomic E-state index is 0.768. The van der Waals surface area contributed by atoms with Crippen molar-refractivity contribution in [3.63, 3.8) is 0 Å². The third-order valence-corrected chi connectivity index (χ3v) is 3.64. The average Bonchev–Trinajstić information content (AvgIpc) is 2.73. The zero-order valence-corrected chi connectivity index (χ0v) is 11.3. The normalized spacial score (nSPS) is 10.3. The zero-order valence-electron chi connectivity index (χ0n) is 9.77. The SMILES string of the molecule is CN(C)c1ccncc1NCc1cc(Cl)cs1. The van der Waals surface area contributed by atoms with Gasteiger partial charge in [-0.15, -0.1) is 11.3 Å². The Labute approximate surface area is 110 Å². The molecule has 0 saturated heterocycles. The van der Waals surface area contributed by atoms with Gasteiger partial charge in [0.05, 0.1) is 22.6 Å². The summed E-state index contributed by atoms with van der Waals surface area (Å²) in [4.78, 5) is 7.41. The first-order valence-electron chi connectivity index (χ1n) is 5.25. The van der Waals surface area contributed by atoms with Crippen LogP contribution in [0.15, 0.2) is 29.9 Å². The molecule has 17 heavy (non-hydrogen) atoms. The summed E-state index contributed by atoms with van der Waals surface area (Å²) >= 11 is 7.54. The van der Waals surface area contributed by atoms with Gasteiger partial charge in [-0.25, -0.2) is 0 Å². The molecule has 0 aliphatic carbocycles. The van der Waals surface area contributed by atoms with E-state index in [9.17, 15) is 0 Å². The van der Waals surface area contributed by atoms with Gasteiger partial charge in [-0.2, -0.15) is 0 Å². The van der Waals surface area contributed by atoms with Crippen molar-refractivity contribution < 1.29 is 0 Å². The van der Waals surface area contributed by atoms with Crippen LogP contribution >= 0.6 is 22.9 Å². The van der Waals surface area contributed by atoms with E-state index in [1.165, 1.54) is 4.88 Å². The lowest BCUT2D eigenvalue weighted by molar-refractivity contribution is 1.10. The third-order valence-electron chi connectivity index (χ3n) is 2.35. The van der Waals surface area contributed by atoms with E-state index in [0.717, 1.165) is 22.9 Å². The highest BCUT2D eigenvalue weighted by atomic mass is 35.5. The second-order valence-corrected chi connectivity index (χ2v) is 5.30.